The van der Waals surface area contributed by atoms with E-state index < -0.39 is 0 Å². The molecule has 2 atom stereocenters. The van der Waals surface area contributed by atoms with Crippen LogP contribution >= 0.6 is 0 Å². The maximum Gasteiger partial charge on any atom is 0.0577 e. The Morgan fingerprint density at radius 3 is 2.67 bits per heavy atom. The summed E-state index contributed by atoms with van der Waals surface area (Å²) in [6.07, 6.45) is 5.76. The standard InChI is InChI=1S/C8H13O/c1-3-7-4-5-8(6-7)9-2/h1,3,7-8H,4-6H2,2H3. The van der Waals surface area contributed by atoms with Crippen molar-refractivity contribution in [1.29, 1.82) is 0 Å². The minimum Gasteiger partial charge on any atom is -0.381 e. The molecule has 1 saturated carbocycles. The average molecular weight is 125 g/mol. The van der Waals surface area contributed by atoms with Crippen molar-refractivity contribution >= 4 is 0 Å². The summed E-state index contributed by atoms with van der Waals surface area (Å²) < 4.78 is 5.17. The van der Waals surface area contributed by atoms with Crippen molar-refractivity contribution in [3.63, 3.8) is 0 Å². The fraction of sp³-hybridized carbons (Fsp3) is 0.750. The van der Waals surface area contributed by atoms with Crippen LogP contribution in [0.1, 0.15) is 19.3 Å². The van der Waals surface area contributed by atoms with Gasteiger partial charge in [0.2, 0.25) is 0 Å². The minimum absolute atomic E-state index is 0.467. The van der Waals surface area contributed by atoms with Crippen LogP contribution in [-0.2, 0) is 4.74 Å². The highest BCUT2D eigenvalue weighted by Crippen LogP contribution is 2.27. The summed E-state index contributed by atoms with van der Waals surface area (Å²) in [6.45, 7) is 5.37. The number of hydrogen-bond acceptors (Lipinski definition) is 1. The Balaban J connectivity index is 2.28. The highest BCUT2D eigenvalue weighted by Gasteiger charge is 2.21. The summed E-state index contributed by atoms with van der Waals surface area (Å²) >= 11 is 0. The Bertz CT molecular complexity index is 98.7. The van der Waals surface area contributed by atoms with Crippen LogP contribution in [-0.4, -0.2) is 13.2 Å². The van der Waals surface area contributed by atoms with E-state index in [0.717, 1.165) is 6.42 Å². The van der Waals surface area contributed by atoms with Gasteiger partial charge in [-0.05, 0) is 25.2 Å². The molecule has 0 aromatic carbocycles. The van der Waals surface area contributed by atoms with E-state index in [1.807, 2.05) is 0 Å². The zero-order chi connectivity index (χ0) is 6.69. The maximum absolute atomic E-state index is 5.37. The molecule has 9 heavy (non-hydrogen) atoms. The van der Waals surface area contributed by atoms with Crippen molar-refractivity contribution in [2.75, 3.05) is 7.11 Å². The van der Waals surface area contributed by atoms with Crippen LogP contribution < -0.4 is 0 Å². The van der Waals surface area contributed by atoms with Crippen molar-refractivity contribution < 1.29 is 4.74 Å². The van der Waals surface area contributed by atoms with Gasteiger partial charge in [0.05, 0.1) is 6.10 Å². The second kappa shape index (κ2) is 3.02. The summed E-state index contributed by atoms with van der Waals surface area (Å²) in [5.41, 5.74) is 0. The largest absolute Gasteiger partial charge is 0.381 e. The molecule has 0 saturated heterocycles. The lowest BCUT2D eigenvalue weighted by molar-refractivity contribution is 0.107. The van der Waals surface area contributed by atoms with E-state index in [2.05, 4.69) is 0 Å². The first kappa shape index (κ1) is 6.81. The van der Waals surface area contributed by atoms with E-state index in [1.165, 1.54) is 12.8 Å². The molecule has 1 radical (unpaired) electrons. The minimum atomic E-state index is 0.467. The van der Waals surface area contributed by atoms with Gasteiger partial charge in [-0.2, -0.15) is 0 Å². The zero-order valence-electron chi connectivity index (χ0n) is 5.84. The van der Waals surface area contributed by atoms with Crippen molar-refractivity contribution in [2.45, 2.75) is 25.4 Å². The molecule has 2 unspecified atom stereocenters. The van der Waals surface area contributed by atoms with Gasteiger partial charge in [0.25, 0.3) is 0 Å². The van der Waals surface area contributed by atoms with E-state index in [1.54, 1.807) is 13.2 Å². The lowest BCUT2D eigenvalue weighted by atomic mass is 10.1. The van der Waals surface area contributed by atoms with Gasteiger partial charge < -0.3 is 4.74 Å². The zero-order valence-corrected chi connectivity index (χ0v) is 5.84. The van der Waals surface area contributed by atoms with Crippen LogP contribution in [0.15, 0.2) is 6.08 Å². The first-order valence-electron chi connectivity index (χ1n) is 3.44. The number of allylic oxidation sites excluding steroid dienone is 1. The number of rotatable bonds is 2. The maximum atomic E-state index is 5.37. The van der Waals surface area contributed by atoms with Crippen LogP contribution in [0.2, 0.25) is 0 Å². The molecule has 1 fully saturated rings. The second-order valence-corrected chi connectivity index (χ2v) is 2.62. The molecular weight excluding hydrogens is 112 g/mol. The van der Waals surface area contributed by atoms with E-state index in [4.69, 9.17) is 11.3 Å². The van der Waals surface area contributed by atoms with Crippen LogP contribution in [0.3, 0.4) is 0 Å². The van der Waals surface area contributed by atoms with Crippen molar-refractivity contribution in [2.24, 2.45) is 5.92 Å². The molecule has 1 heteroatoms. The van der Waals surface area contributed by atoms with Gasteiger partial charge in [-0.3, -0.25) is 0 Å². The Hall–Kier alpha value is -0.300. The Labute approximate surface area is 56.7 Å². The summed E-state index contributed by atoms with van der Waals surface area (Å²) in [5.74, 6) is 0.606. The molecule has 0 aliphatic heterocycles. The highest BCUT2D eigenvalue weighted by atomic mass is 16.5. The molecule has 1 aliphatic carbocycles. The fourth-order valence-corrected chi connectivity index (χ4v) is 1.36. The van der Waals surface area contributed by atoms with Crippen LogP contribution in [0.4, 0.5) is 0 Å². The van der Waals surface area contributed by atoms with E-state index in [0.29, 0.717) is 12.0 Å². The molecule has 0 aromatic rings. The van der Waals surface area contributed by atoms with Gasteiger partial charge >= 0.3 is 0 Å². The molecular formula is C8H13O. The van der Waals surface area contributed by atoms with Crippen LogP contribution in [0, 0.1) is 12.5 Å². The molecule has 0 bridgehead atoms. The van der Waals surface area contributed by atoms with Crippen LogP contribution in [0.5, 0.6) is 0 Å². The van der Waals surface area contributed by atoms with Gasteiger partial charge in [-0.25, -0.2) is 0 Å². The summed E-state index contributed by atoms with van der Waals surface area (Å²) in [7, 11) is 1.77. The third kappa shape index (κ3) is 1.55. The topological polar surface area (TPSA) is 9.23 Å². The predicted molar refractivity (Wildman–Crippen MR) is 37.0 cm³/mol. The Morgan fingerprint density at radius 2 is 2.33 bits per heavy atom. The van der Waals surface area contributed by atoms with Gasteiger partial charge in [0.15, 0.2) is 0 Å². The highest BCUT2D eigenvalue weighted by molar-refractivity contribution is 4.85. The normalized spacial score (nSPS) is 34.8. The Morgan fingerprint density at radius 1 is 1.56 bits per heavy atom. The Kier molecular flexibility index (Phi) is 2.29. The van der Waals surface area contributed by atoms with Crippen molar-refractivity contribution in [3.05, 3.63) is 12.7 Å². The first-order chi connectivity index (χ1) is 4.36. The molecule has 0 aromatic heterocycles. The molecule has 0 heterocycles. The summed E-state index contributed by atoms with van der Waals surface area (Å²) in [4.78, 5) is 0. The summed E-state index contributed by atoms with van der Waals surface area (Å²) in [6, 6.07) is 0. The smallest absolute Gasteiger partial charge is 0.0577 e. The fourth-order valence-electron chi connectivity index (χ4n) is 1.36. The third-order valence-electron chi connectivity index (χ3n) is 2.03. The molecule has 1 aliphatic rings. The van der Waals surface area contributed by atoms with Gasteiger partial charge in [0, 0.05) is 7.11 Å². The van der Waals surface area contributed by atoms with Gasteiger partial charge in [-0.15, -0.1) is 0 Å². The van der Waals surface area contributed by atoms with E-state index >= 15 is 0 Å². The van der Waals surface area contributed by atoms with Crippen LogP contribution in [0.25, 0.3) is 0 Å². The SMILES string of the molecule is [CH]=CC1CCC(OC)C1. The monoisotopic (exact) mass is 125 g/mol. The van der Waals surface area contributed by atoms with Gasteiger partial charge in [0.1, 0.15) is 0 Å². The first-order valence-corrected chi connectivity index (χ1v) is 3.44. The van der Waals surface area contributed by atoms with E-state index in [-0.39, 0.29) is 0 Å². The number of methoxy groups -OCH3 is 1. The quantitative estimate of drug-likeness (QED) is 0.546. The van der Waals surface area contributed by atoms with Crippen molar-refractivity contribution in [1.82, 2.24) is 0 Å². The second-order valence-electron chi connectivity index (χ2n) is 2.62. The molecule has 1 nitrogen and oxygen atoms in total. The lowest BCUT2D eigenvalue weighted by Crippen LogP contribution is -2.03. The predicted octanol–water partition coefficient (Wildman–Crippen LogP) is 1.79. The molecule has 0 spiro atoms. The average Bonchev–Trinajstić information content (AvgIpc) is 2.34. The molecule has 0 N–H and O–H groups in total. The lowest BCUT2D eigenvalue weighted by Gasteiger charge is -2.04. The number of hydrogen-bond donors (Lipinski definition) is 0. The van der Waals surface area contributed by atoms with E-state index in [9.17, 15) is 0 Å². The van der Waals surface area contributed by atoms with Crippen molar-refractivity contribution in [3.8, 4) is 0 Å². The van der Waals surface area contributed by atoms with Gasteiger partial charge in [-0.1, -0.05) is 12.7 Å². The summed E-state index contributed by atoms with van der Waals surface area (Å²) in [5, 5.41) is 0. The third-order valence-corrected chi connectivity index (χ3v) is 2.03. The number of ether oxygens (including phenoxy) is 1. The molecule has 1 rings (SSSR count). The molecule has 0 amide bonds. The molecule has 51 valence electrons.